The Hall–Kier alpha value is -2.15. The van der Waals surface area contributed by atoms with Crippen molar-refractivity contribution < 1.29 is 14.3 Å². The molecule has 19 heavy (non-hydrogen) atoms. The molecule has 4 heteroatoms. The van der Waals surface area contributed by atoms with Gasteiger partial charge in [-0.3, -0.25) is 4.79 Å². The Kier molecular flexibility index (Phi) is 5.74. The molecule has 0 fully saturated rings. The zero-order chi connectivity index (χ0) is 14.3. The Balaban J connectivity index is 2.96. The predicted octanol–water partition coefficient (Wildman–Crippen LogP) is 2.24. The molecule has 0 aromatic heterocycles. The highest BCUT2D eigenvalue weighted by Crippen LogP contribution is 2.30. The number of terminal acetylenes is 1. The Bertz CT molecular complexity index is 477. The Labute approximate surface area is 114 Å². The van der Waals surface area contributed by atoms with E-state index in [4.69, 9.17) is 15.9 Å². The van der Waals surface area contributed by atoms with Gasteiger partial charge in [0.05, 0.1) is 19.8 Å². The molecule has 102 valence electrons. The number of amides is 1. The van der Waals surface area contributed by atoms with E-state index in [-0.39, 0.29) is 11.9 Å². The quantitative estimate of drug-likeness (QED) is 0.799. The van der Waals surface area contributed by atoms with E-state index in [9.17, 15) is 4.79 Å². The number of methoxy groups -OCH3 is 2. The Morgan fingerprint density at radius 1 is 1.42 bits per heavy atom. The average molecular weight is 261 g/mol. The minimum atomic E-state index is -0.210. The van der Waals surface area contributed by atoms with Gasteiger partial charge in [0.25, 0.3) is 5.91 Å². The molecule has 0 aliphatic heterocycles. The van der Waals surface area contributed by atoms with Crippen LogP contribution in [0, 0.1) is 12.3 Å². The smallest absolute Gasteiger partial charge is 0.255 e. The molecule has 4 nitrogen and oxygen atoms in total. The maximum Gasteiger partial charge on any atom is 0.255 e. The Morgan fingerprint density at radius 3 is 2.68 bits per heavy atom. The van der Waals surface area contributed by atoms with Crippen LogP contribution in [0.2, 0.25) is 0 Å². The van der Waals surface area contributed by atoms with E-state index in [1.807, 2.05) is 6.92 Å². The summed E-state index contributed by atoms with van der Waals surface area (Å²) in [5.41, 5.74) is 0.442. The second-order valence-electron chi connectivity index (χ2n) is 4.03. The van der Waals surface area contributed by atoms with Crippen molar-refractivity contribution >= 4 is 5.91 Å². The van der Waals surface area contributed by atoms with E-state index in [0.717, 1.165) is 6.42 Å². The van der Waals surface area contributed by atoms with E-state index in [0.29, 0.717) is 23.5 Å². The fourth-order valence-corrected chi connectivity index (χ4v) is 1.77. The molecule has 1 amide bonds. The summed E-state index contributed by atoms with van der Waals surface area (Å²) in [6, 6.07) is 5.15. The van der Waals surface area contributed by atoms with Gasteiger partial charge < -0.3 is 14.8 Å². The molecule has 0 aliphatic carbocycles. The zero-order valence-corrected chi connectivity index (χ0v) is 11.5. The first-order valence-electron chi connectivity index (χ1n) is 6.13. The van der Waals surface area contributed by atoms with E-state index in [1.54, 1.807) is 18.2 Å². The van der Waals surface area contributed by atoms with Crippen LogP contribution >= 0.6 is 0 Å². The third-order valence-electron chi connectivity index (χ3n) is 2.84. The lowest BCUT2D eigenvalue weighted by molar-refractivity contribution is 0.0933. The third kappa shape index (κ3) is 3.65. The normalized spacial score (nSPS) is 11.3. The molecule has 0 heterocycles. The van der Waals surface area contributed by atoms with Crippen LogP contribution in [0.4, 0.5) is 0 Å². The van der Waals surface area contributed by atoms with Crippen molar-refractivity contribution in [1.82, 2.24) is 5.32 Å². The second-order valence-corrected chi connectivity index (χ2v) is 4.03. The van der Waals surface area contributed by atoms with Crippen molar-refractivity contribution in [2.75, 3.05) is 14.2 Å². The van der Waals surface area contributed by atoms with E-state index in [1.165, 1.54) is 14.2 Å². The summed E-state index contributed by atoms with van der Waals surface area (Å²) in [5.74, 6) is 3.30. The number of carbonyl (C=O) groups is 1. The zero-order valence-electron chi connectivity index (χ0n) is 11.5. The average Bonchev–Trinajstić information content (AvgIpc) is 2.45. The van der Waals surface area contributed by atoms with Crippen LogP contribution in [0.15, 0.2) is 18.2 Å². The maximum absolute atomic E-state index is 12.2. The number of carbonyl (C=O) groups excluding carboxylic acids is 1. The first-order valence-corrected chi connectivity index (χ1v) is 6.13. The van der Waals surface area contributed by atoms with Gasteiger partial charge >= 0.3 is 0 Å². The molecule has 0 saturated heterocycles. The minimum absolute atomic E-state index is 0.0339. The summed E-state index contributed by atoms with van der Waals surface area (Å²) in [5, 5.41) is 2.89. The minimum Gasteiger partial charge on any atom is -0.493 e. The lowest BCUT2D eigenvalue weighted by atomic mass is 10.1. The van der Waals surface area contributed by atoms with E-state index in [2.05, 4.69) is 11.2 Å². The molecule has 1 N–H and O–H groups in total. The standard InChI is InChI=1S/C15H19NO3/c1-5-8-11(6-2)16-15(17)12-9-7-10-13(18-3)14(12)19-4/h1,7,9-11H,6,8H2,2-4H3,(H,16,17). The highest BCUT2D eigenvalue weighted by atomic mass is 16.5. The van der Waals surface area contributed by atoms with Crippen LogP contribution in [0.5, 0.6) is 11.5 Å². The lowest BCUT2D eigenvalue weighted by Gasteiger charge is -2.16. The van der Waals surface area contributed by atoms with Gasteiger partial charge in [0.1, 0.15) is 0 Å². The largest absolute Gasteiger partial charge is 0.493 e. The van der Waals surface area contributed by atoms with E-state index >= 15 is 0 Å². The first-order chi connectivity index (χ1) is 9.17. The van der Waals surface area contributed by atoms with Gasteiger partial charge in [0, 0.05) is 12.5 Å². The van der Waals surface area contributed by atoms with Gasteiger partial charge in [-0.05, 0) is 18.6 Å². The molecule has 0 aliphatic rings. The molecule has 0 saturated carbocycles. The summed E-state index contributed by atoms with van der Waals surface area (Å²) in [4.78, 5) is 12.2. The van der Waals surface area contributed by atoms with Gasteiger partial charge in [-0.25, -0.2) is 0 Å². The summed E-state index contributed by atoms with van der Waals surface area (Å²) >= 11 is 0. The SMILES string of the molecule is C#CCC(CC)NC(=O)c1cccc(OC)c1OC. The maximum atomic E-state index is 12.2. The van der Waals surface area contributed by atoms with Crippen molar-refractivity contribution in [3.05, 3.63) is 23.8 Å². The number of ether oxygens (including phenoxy) is 2. The van der Waals surface area contributed by atoms with Crippen LogP contribution in [-0.4, -0.2) is 26.2 Å². The molecule has 1 unspecified atom stereocenters. The van der Waals surface area contributed by atoms with Crippen LogP contribution in [0.3, 0.4) is 0 Å². The molecule has 0 spiro atoms. The fourth-order valence-electron chi connectivity index (χ4n) is 1.77. The molecule has 0 bridgehead atoms. The fraction of sp³-hybridized carbons (Fsp3) is 0.400. The number of hydrogen-bond donors (Lipinski definition) is 1. The van der Waals surface area contributed by atoms with Gasteiger partial charge in [-0.1, -0.05) is 13.0 Å². The topological polar surface area (TPSA) is 47.6 Å². The lowest BCUT2D eigenvalue weighted by Crippen LogP contribution is -2.34. The summed E-state index contributed by atoms with van der Waals surface area (Å²) in [6.07, 6.45) is 6.56. The summed E-state index contributed by atoms with van der Waals surface area (Å²) < 4.78 is 10.4. The monoisotopic (exact) mass is 261 g/mol. The van der Waals surface area contributed by atoms with Crippen molar-refractivity contribution in [3.63, 3.8) is 0 Å². The van der Waals surface area contributed by atoms with E-state index < -0.39 is 0 Å². The molecule has 0 radical (unpaired) electrons. The van der Waals surface area contributed by atoms with Gasteiger partial charge in [0.2, 0.25) is 0 Å². The molecular weight excluding hydrogens is 242 g/mol. The summed E-state index contributed by atoms with van der Waals surface area (Å²) in [6.45, 7) is 1.98. The van der Waals surface area contributed by atoms with Crippen molar-refractivity contribution in [2.45, 2.75) is 25.8 Å². The molecule has 1 aromatic rings. The van der Waals surface area contributed by atoms with Gasteiger partial charge in [-0.2, -0.15) is 0 Å². The third-order valence-corrected chi connectivity index (χ3v) is 2.84. The van der Waals surface area contributed by atoms with Gasteiger partial charge in [0.15, 0.2) is 11.5 Å². The highest BCUT2D eigenvalue weighted by molar-refractivity contribution is 5.98. The van der Waals surface area contributed by atoms with Crippen LogP contribution < -0.4 is 14.8 Å². The van der Waals surface area contributed by atoms with Crippen LogP contribution in [0.1, 0.15) is 30.1 Å². The molecule has 1 aromatic carbocycles. The number of nitrogens with one attached hydrogen (secondary N) is 1. The van der Waals surface area contributed by atoms with Crippen molar-refractivity contribution in [2.24, 2.45) is 0 Å². The number of hydrogen-bond acceptors (Lipinski definition) is 3. The first kappa shape index (κ1) is 14.9. The predicted molar refractivity (Wildman–Crippen MR) is 74.5 cm³/mol. The number of rotatable bonds is 6. The van der Waals surface area contributed by atoms with Crippen LogP contribution in [0.25, 0.3) is 0 Å². The van der Waals surface area contributed by atoms with Gasteiger partial charge in [-0.15, -0.1) is 12.3 Å². The number of para-hydroxylation sites is 1. The van der Waals surface area contributed by atoms with Crippen molar-refractivity contribution in [3.8, 4) is 23.8 Å². The summed E-state index contributed by atoms with van der Waals surface area (Å²) in [7, 11) is 3.04. The molecule has 1 rings (SSSR count). The number of benzene rings is 1. The van der Waals surface area contributed by atoms with Crippen molar-refractivity contribution in [1.29, 1.82) is 0 Å². The van der Waals surface area contributed by atoms with Crippen LogP contribution in [-0.2, 0) is 0 Å². The highest BCUT2D eigenvalue weighted by Gasteiger charge is 2.18. The molecular formula is C15H19NO3. The second kappa shape index (κ2) is 7.32. The molecule has 1 atom stereocenters. The Morgan fingerprint density at radius 2 is 2.16 bits per heavy atom.